The third-order valence-electron chi connectivity index (χ3n) is 3.00. The van der Waals surface area contributed by atoms with E-state index in [4.69, 9.17) is 11.2 Å². The number of nitrogens with zero attached hydrogens (tertiary/aromatic N) is 2. The summed E-state index contributed by atoms with van der Waals surface area (Å²) in [4.78, 5) is 22.4. The number of hydrogen-bond donors (Lipinski definition) is 1. The van der Waals surface area contributed by atoms with Gasteiger partial charge in [-0.3, -0.25) is 14.9 Å². The van der Waals surface area contributed by atoms with E-state index in [2.05, 4.69) is 32.4 Å². The summed E-state index contributed by atoms with van der Waals surface area (Å²) >= 11 is 3.27. The van der Waals surface area contributed by atoms with Crippen molar-refractivity contribution in [3.8, 4) is 18.1 Å². The summed E-state index contributed by atoms with van der Waals surface area (Å²) in [5.74, 6) is 2.20. The summed E-state index contributed by atoms with van der Waals surface area (Å²) in [5.41, 5.74) is 2.94. The van der Waals surface area contributed by atoms with Crippen LogP contribution in [0.3, 0.4) is 0 Å². The van der Waals surface area contributed by atoms with Gasteiger partial charge < -0.3 is 4.74 Å². The monoisotopic (exact) mass is 401 g/mol. The van der Waals surface area contributed by atoms with Crippen molar-refractivity contribution in [1.82, 2.24) is 5.43 Å². The molecule has 8 heteroatoms. The van der Waals surface area contributed by atoms with Crippen molar-refractivity contribution in [2.24, 2.45) is 5.10 Å². The zero-order chi connectivity index (χ0) is 18.2. The molecular formula is C17H12BrN3O4. The van der Waals surface area contributed by atoms with Crippen LogP contribution in [0.25, 0.3) is 0 Å². The third kappa shape index (κ3) is 4.89. The number of nitro benzene ring substituents is 1. The van der Waals surface area contributed by atoms with Crippen LogP contribution in [0, 0.1) is 22.5 Å². The van der Waals surface area contributed by atoms with E-state index in [1.54, 1.807) is 24.3 Å². The number of carbonyl (C=O) groups excluding carboxylic acids is 1. The molecular weight excluding hydrogens is 390 g/mol. The van der Waals surface area contributed by atoms with Gasteiger partial charge in [0, 0.05) is 22.2 Å². The maximum absolute atomic E-state index is 12.1. The molecule has 126 valence electrons. The standard InChI is InChI=1S/C17H12BrN3O4/c1-2-9-25-16-8-7-13(21(23)24)10-12(16)11-19-20-17(22)14-5-3-4-6-15(14)18/h1,3-8,10-11H,9H2,(H,20,22)/b19-11-. The van der Waals surface area contributed by atoms with Gasteiger partial charge in [0.05, 0.1) is 16.7 Å². The van der Waals surface area contributed by atoms with E-state index >= 15 is 0 Å². The molecule has 0 aliphatic carbocycles. The molecule has 0 bridgehead atoms. The fraction of sp³-hybridized carbons (Fsp3) is 0.0588. The molecule has 0 aliphatic heterocycles. The molecule has 2 rings (SSSR count). The first-order chi connectivity index (χ1) is 12.0. The van der Waals surface area contributed by atoms with Crippen molar-refractivity contribution in [2.75, 3.05) is 6.61 Å². The lowest BCUT2D eigenvalue weighted by Crippen LogP contribution is -2.18. The quantitative estimate of drug-likeness (QED) is 0.348. The van der Waals surface area contributed by atoms with Gasteiger partial charge in [0.15, 0.2) is 0 Å². The van der Waals surface area contributed by atoms with Gasteiger partial charge in [-0.2, -0.15) is 5.10 Å². The Morgan fingerprint density at radius 3 is 2.84 bits per heavy atom. The minimum Gasteiger partial charge on any atom is -0.480 e. The number of benzene rings is 2. The normalized spacial score (nSPS) is 10.2. The fourth-order valence-electron chi connectivity index (χ4n) is 1.87. The van der Waals surface area contributed by atoms with Crippen LogP contribution in [0.1, 0.15) is 15.9 Å². The first-order valence-electron chi connectivity index (χ1n) is 6.95. The number of amides is 1. The van der Waals surface area contributed by atoms with Crippen molar-refractivity contribution in [3.05, 3.63) is 68.2 Å². The van der Waals surface area contributed by atoms with Gasteiger partial charge in [-0.05, 0) is 34.1 Å². The average molecular weight is 402 g/mol. The minimum absolute atomic E-state index is 0.00196. The minimum atomic E-state index is -0.540. The van der Waals surface area contributed by atoms with E-state index in [0.717, 1.165) is 0 Å². The lowest BCUT2D eigenvalue weighted by atomic mass is 10.2. The van der Waals surface area contributed by atoms with Crippen molar-refractivity contribution >= 4 is 33.7 Å². The molecule has 2 aromatic carbocycles. The van der Waals surface area contributed by atoms with Crippen molar-refractivity contribution in [1.29, 1.82) is 0 Å². The summed E-state index contributed by atoms with van der Waals surface area (Å²) < 4.78 is 5.93. The molecule has 0 unspecified atom stereocenters. The molecule has 0 aliphatic rings. The van der Waals surface area contributed by atoms with E-state index in [-0.39, 0.29) is 12.3 Å². The van der Waals surface area contributed by atoms with E-state index in [9.17, 15) is 14.9 Å². The molecule has 0 fully saturated rings. The molecule has 0 saturated carbocycles. The van der Waals surface area contributed by atoms with Gasteiger partial charge in [-0.15, -0.1) is 6.42 Å². The van der Waals surface area contributed by atoms with Crippen LogP contribution in [0.2, 0.25) is 0 Å². The summed E-state index contributed by atoms with van der Waals surface area (Å²) in [6, 6.07) is 10.8. The Labute approximate surface area is 152 Å². The van der Waals surface area contributed by atoms with Crippen LogP contribution in [-0.4, -0.2) is 23.7 Å². The smallest absolute Gasteiger partial charge is 0.272 e. The first kappa shape index (κ1) is 18.2. The van der Waals surface area contributed by atoms with Crippen LogP contribution in [-0.2, 0) is 0 Å². The zero-order valence-electron chi connectivity index (χ0n) is 12.8. The summed E-state index contributed by atoms with van der Waals surface area (Å²) in [6.45, 7) is 0.00196. The fourth-order valence-corrected chi connectivity index (χ4v) is 2.33. The van der Waals surface area contributed by atoms with E-state index in [1.165, 1.54) is 24.4 Å². The molecule has 0 saturated heterocycles. The number of nitrogens with one attached hydrogen (secondary N) is 1. The highest BCUT2D eigenvalue weighted by atomic mass is 79.9. The second-order valence-electron chi connectivity index (χ2n) is 4.65. The summed E-state index contributed by atoms with van der Waals surface area (Å²) in [6.07, 6.45) is 6.40. The Hall–Kier alpha value is -3.18. The number of hydrazone groups is 1. The maximum atomic E-state index is 12.1. The van der Waals surface area contributed by atoms with Crippen molar-refractivity contribution in [2.45, 2.75) is 0 Å². The Kier molecular flexibility index (Phi) is 6.26. The third-order valence-corrected chi connectivity index (χ3v) is 3.69. The van der Waals surface area contributed by atoms with Crippen LogP contribution in [0.5, 0.6) is 5.75 Å². The number of ether oxygens (including phenoxy) is 1. The van der Waals surface area contributed by atoms with Crippen LogP contribution in [0.4, 0.5) is 5.69 Å². The molecule has 0 atom stereocenters. The highest BCUT2D eigenvalue weighted by Crippen LogP contribution is 2.23. The van der Waals surface area contributed by atoms with Gasteiger partial charge in [-0.25, -0.2) is 5.43 Å². The Bertz CT molecular complexity index is 874. The first-order valence-corrected chi connectivity index (χ1v) is 7.75. The molecule has 1 amide bonds. The lowest BCUT2D eigenvalue weighted by molar-refractivity contribution is -0.384. The van der Waals surface area contributed by atoms with Gasteiger partial charge in [0.1, 0.15) is 12.4 Å². The highest BCUT2D eigenvalue weighted by Gasteiger charge is 2.11. The van der Waals surface area contributed by atoms with E-state index in [1.807, 2.05) is 0 Å². The molecule has 1 N–H and O–H groups in total. The highest BCUT2D eigenvalue weighted by molar-refractivity contribution is 9.10. The van der Waals surface area contributed by atoms with Crippen LogP contribution < -0.4 is 10.2 Å². The zero-order valence-corrected chi connectivity index (χ0v) is 14.4. The Morgan fingerprint density at radius 1 is 1.40 bits per heavy atom. The van der Waals surface area contributed by atoms with Gasteiger partial charge in [0.2, 0.25) is 0 Å². The molecule has 0 aromatic heterocycles. The number of hydrogen-bond acceptors (Lipinski definition) is 5. The van der Waals surface area contributed by atoms with Gasteiger partial charge in [-0.1, -0.05) is 18.1 Å². The van der Waals surface area contributed by atoms with E-state index < -0.39 is 10.8 Å². The summed E-state index contributed by atoms with van der Waals surface area (Å²) in [7, 11) is 0. The largest absolute Gasteiger partial charge is 0.480 e. The number of non-ortho nitro benzene ring substituents is 1. The van der Waals surface area contributed by atoms with Crippen molar-refractivity contribution < 1.29 is 14.5 Å². The Balaban J connectivity index is 2.19. The maximum Gasteiger partial charge on any atom is 0.272 e. The summed E-state index contributed by atoms with van der Waals surface area (Å²) in [5, 5.41) is 14.7. The number of nitro groups is 1. The molecule has 25 heavy (non-hydrogen) atoms. The molecule has 2 aromatic rings. The topological polar surface area (TPSA) is 93.8 Å². The van der Waals surface area contributed by atoms with E-state index in [0.29, 0.717) is 21.3 Å². The van der Waals surface area contributed by atoms with Crippen LogP contribution in [0.15, 0.2) is 52.0 Å². The molecule has 0 spiro atoms. The molecule has 0 heterocycles. The predicted octanol–water partition coefficient (Wildman–Crippen LogP) is 3.13. The van der Waals surface area contributed by atoms with Gasteiger partial charge >= 0.3 is 0 Å². The van der Waals surface area contributed by atoms with Crippen LogP contribution >= 0.6 is 15.9 Å². The number of halogens is 1. The molecule has 0 radical (unpaired) electrons. The Morgan fingerprint density at radius 2 is 2.16 bits per heavy atom. The second kappa shape index (κ2) is 8.61. The second-order valence-corrected chi connectivity index (χ2v) is 5.51. The molecule has 7 nitrogen and oxygen atoms in total. The number of carbonyl (C=O) groups is 1. The average Bonchev–Trinajstić information content (AvgIpc) is 2.60. The van der Waals surface area contributed by atoms with Gasteiger partial charge in [0.25, 0.3) is 11.6 Å². The SMILES string of the molecule is C#CCOc1ccc([N+](=O)[O-])cc1/C=N\NC(=O)c1ccccc1Br. The number of terminal acetylenes is 1. The lowest BCUT2D eigenvalue weighted by Gasteiger charge is -2.06. The predicted molar refractivity (Wildman–Crippen MR) is 96.6 cm³/mol. The van der Waals surface area contributed by atoms with Crippen molar-refractivity contribution in [3.63, 3.8) is 0 Å². The number of rotatable bonds is 6.